The number of carbonyl (C=O) groups excluding carboxylic acids is 2. The molecular formula is C20H17FN2O2. The lowest BCUT2D eigenvalue weighted by atomic mass is 9.77. The van der Waals surface area contributed by atoms with Crippen LogP contribution >= 0.6 is 0 Å². The molecule has 0 bridgehead atoms. The van der Waals surface area contributed by atoms with Crippen LogP contribution in [0, 0.1) is 5.82 Å². The van der Waals surface area contributed by atoms with Crippen molar-refractivity contribution in [3.8, 4) is 0 Å². The number of benzene rings is 1. The minimum Gasteiger partial charge on any atom is -0.294 e. The highest BCUT2D eigenvalue weighted by Gasteiger charge is 2.39. The maximum absolute atomic E-state index is 13.3. The van der Waals surface area contributed by atoms with Crippen molar-refractivity contribution in [2.75, 3.05) is 4.90 Å². The lowest BCUT2D eigenvalue weighted by Crippen LogP contribution is -2.40. The summed E-state index contributed by atoms with van der Waals surface area (Å²) in [6.45, 7) is 0. The van der Waals surface area contributed by atoms with Gasteiger partial charge in [0.1, 0.15) is 5.82 Å². The molecule has 0 unspecified atom stereocenters. The summed E-state index contributed by atoms with van der Waals surface area (Å²) < 4.78 is 13.3. The maximum atomic E-state index is 13.3. The SMILES string of the molecule is O=C1CCCC2=C1[C@@H](c1cccnc1)CC(=O)N2c1ccc(F)cc1. The molecule has 0 saturated heterocycles. The van der Waals surface area contributed by atoms with Crippen molar-refractivity contribution in [3.63, 3.8) is 0 Å². The molecule has 1 aliphatic carbocycles. The zero-order chi connectivity index (χ0) is 17.4. The van der Waals surface area contributed by atoms with E-state index in [4.69, 9.17) is 0 Å². The van der Waals surface area contributed by atoms with Crippen molar-refractivity contribution >= 4 is 17.4 Å². The van der Waals surface area contributed by atoms with Gasteiger partial charge in [0.25, 0.3) is 0 Å². The first kappa shape index (κ1) is 15.7. The third-order valence-electron chi connectivity index (χ3n) is 4.85. The number of hydrogen-bond acceptors (Lipinski definition) is 3. The predicted octanol–water partition coefficient (Wildman–Crippen LogP) is 3.75. The van der Waals surface area contributed by atoms with E-state index in [1.54, 1.807) is 29.4 Å². The van der Waals surface area contributed by atoms with E-state index in [2.05, 4.69) is 4.98 Å². The van der Waals surface area contributed by atoms with Crippen molar-refractivity contribution < 1.29 is 14.0 Å². The third kappa shape index (κ3) is 2.76. The Morgan fingerprint density at radius 3 is 2.60 bits per heavy atom. The Kier molecular flexibility index (Phi) is 3.92. The fourth-order valence-electron chi connectivity index (χ4n) is 3.75. The fraction of sp³-hybridized carbons (Fsp3) is 0.250. The Bertz CT molecular complexity index is 859. The van der Waals surface area contributed by atoms with Crippen molar-refractivity contribution in [2.45, 2.75) is 31.6 Å². The molecule has 4 nitrogen and oxygen atoms in total. The van der Waals surface area contributed by atoms with E-state index < -0.39 is 0 Å². The van der Waals surface area contributed by atoms with Crippen LogP contribution in [0.4, 0.5) is 10.1 Å². The topological polar surface area (TPSA) is 50.3 Å². The fourth-order valence-corrected chi connectivity index (χ4v) is 3.75. The molecule has 2 heterocycles. The molecule has 4 rings (SSSR count). The van der Waals surface area contributed by atoms with Gasteiger partial charge < -0.3 is 0 Å². The van der Waals surface area contributed by atoms with Gasteiger partial charge in [0.2, 0.25) is 5.91 Å². The Labute approximate surface area is 145 Å². The first-order valence-electron chi connectivity index (χ1n) is 8.40. The number of nitrogens with zero attached hydrogens (tertiary/aromatic N) is 2. The van der Waals surface area contributed by atoms with E-state index in [1.807, 2.05) is 12.1 Å². The highest BCUT2D eigenvalue weighted by Crippen LogP contribution is 2.43. The second-order valence-electron chi connectivity index (χ2n) is 6.39. The highest BCUT2D eigenvalue weighted by molar-refractivity contribution is 6.07. The summed E-state index contributed by atoms with van der Waals surface area (Å²) in [6.07, 6.45) is 5.51. The van der Waals surface area contributed by atoms with E-state index >= 15 is 0 Å². The van der Waals surface area contributed by atoms with Gasteiger partial charge >= 0.3 is 0 Å². The van der Waals surface area contributed by atoms with E-state index in [1.165, 1.54) is 12.1 Å². The molecule has 5 heteroatoms. The Hall–Kier alpha value is -2.82. The van der Waals surface area contributed by atoms with Gasteiger partial charge in [0.15, 0.2) is 5.78 Å². The van der Waals surface area contributed by atoms with Gasteiger partial charge in [-0.1, -0.05) is 6.07 Å². The van der Waals surface area contributed by atoms with Gasteiger partial charge in [-0.2, -0.15) is 0 Å². The summed E-state index contributed by atoms with van der Waals surface area (Å²) in [6, 6.07) is 9.56. The number of aromatic nitrogens is 1. The molecule has 0 fully saturated rings. The molecular weight excluding hydrogens is 319 g/mol. The smallest absolute Gasteiger partial charge is 0.232 e. The largest absolute Gasteiger partial charge is 0.294 e. The van der Waals surface area contributed by atoms with E-state index in [9.17, 15) is 14.0 Å². The zero-order valence-electron chi connectivity index (χ0n) is 13.6. The summed E-state index contributed by atoms with van der Waals surface area (Å²) in [5, 5.41) is 0. The lowest BCUT2D eigenvalue weighted by Gasteiger charge is -2.38. The number of anilines is 1. The third-order valence-corrected chi connectivity index (χ3v) is 4.85. The van der Waals surface area contributed by atoms with Crippen molar-refractivity contribution in [3.05, 3.63) is 71.4 Å². The molecule has 1 aromatic heterocycles. The van der Waals surface area contributed by atoms with E-state index in [0.29, 0.717) is 24.1 Å². The van der Waals surface area contributed by atoms with Crippen LogP contribution in [0.1, 0.15) is 37.2 Å². The number of pyridine rings is 1. The minimum atomic E-state index is -0.352. The van der Waals surface area contributed by atoms with E-state index in [-0.39, 0.29) is 29.8 Å². The molecule has 1 aromatic carbocycles. The maximum Gasteiger partial charge on any atom is 0.232 e. The number of amides is 1. The number of allylic oxidation sites excluding steroid dienone is 2. The van der Waals surface area contributed by atoms with Crippen LogP contribution in [0.5, 0.6) is 0 Å². The number of Topliss-reactive ketones (excluding diaryl/α,β-unsaturated/α-hetero) is 1. The molecule has 1 amide bonds. The summed E-state index contributed by atoms with van der Waals surface area (Å²) >= 11 is 0. The summed E-state index contributed by atoms with van der Waals surface area (Å²) in [7, 11) is 0. The standard InChI is InChI=1S/C20H17FN2O2/c21-14-6-8-15(9-7-14)23-17-4-1-5-18(24)20(17)16(11-19(23)25)13-3-2-10-22-12-13/h2-3,6-10,12,16H,1,4-5,11H2/t16-/m1/s1. The molecule has 0 radical (unpaired) electrons. The second-order valence-corrected chi connectivity index (χ2v) is 6.39. The molecule has 126 valence electrons. The van der Waals surface area contributed by atoms with Crippen LogP contribution in [0.25, 0.3) is 0 Å². The molecule has 0 N–H and O–H groups in total. The van der Waals surface area contributed by atoms with Crippen LogP contribution in [0.15, 0.2) is 60.1 Å². The van der Waals surface area contributed by atoms with Crippen LogP contribution in [-0.2, 0) is 9.59 Å². The molecule has 0 saturated carbocycles. The molecule has 2 aromatic rings. The number of hydrogen-bond donors (Lipinski definition) is 0. The van der Waals surface area contributed by atoms with Crippen LogP contribution in [0.2, 0.25) is 0 Å². The van der Waals surface area contributed by atoms with Gasteiger partial charge in [-0.25, -0.2) is 4.39 Å². The Morgan fingerprint density at radius 1 is 1.08 bits per heavy atom. The van der Waals surface area contributed by atoms with Gasteiger partial charge in [-0.15, -0.1) is 0 Å². The van der Waals surface area contributed by atoms with E-state index in [0.717, 1.165) is 17.7 Å². The lowest BCUT2D eigenvalue weighted by molar-refractivity contribution is -0.119. The summed E-state index contributed by atoms with van der Waals surface area (Å²) in [5.74, 6) is -0.584. The molecule has 2 aliphatic rings. The normalized spacial score (nSPS) is 20.7. The predicted molar refractivity (Wildman–Crippen MR) is 91.4 cm³/mol. The van der Waals surface area contributed by atoms with Gasteiger partial charge in [-0.05, 0) is 48.7 Å². The summed E-state index contributed by atoms with van der Waals surface area (Å²) in [4.78, 5) is 31.3. The molecule has 0 spiro atoms. The van der Waals surface area contributed by atoms with Gasteiger partial charge in [-0.3, -0.25) is 19.5 Å². The Balaban J connectivity index is 1.85. The van der Waals surface area contributed by atoms with Crippen LogP contribution in [-0.4, -0.2) is 16.7 Å². The number of ketones is 1. The van der Waals surface area contributed by atoms with Crippen molar-refractivity contribution in [1.29, 1.82) is 0 Å². The first-order chi connectivity index (χ1) is 12.1. The number of halogens is 1. The number of rotatable bonds is 2. The van der Waals surface area contributed by atoms with Gasteiger partial charge in [0, 0.05) is 48.1 Å². The quantitative estimate of drug-likeness (QED) is 0.839. The average molecular weight is 336 g/mol. The second kappa shape index (κ2) is 6.24. The van der Waals surface area contributed by atoms with Crippen molar-refractivity contribution in [1.82, 2.24) is 4.98 Å². The zero-order valence-corrected chi connectivity index (χ0v) is 13.6. The first-order valence-corrected chi connectivity index (χ1v) is 8.40. The van der Waals surface area contributed by atoms with Crippen molar-refractivity contribution in [2.24, 2.45) is 0 Å². The minimum absolute atomic E-state index is 0.0751. The molecule has 1 aliphatic heterocycles. The average Bonchev–Trinajstić information content (AvgIpc) is 2.63. The highest BCUT2D eigenvalue weighted by atomic mass is 19.1. The number of carbonyl (C=O) groups is 2. The Morgan fingerprint density at radius 2 is 1.88 bits per heavy atom. The molecule has 1 atom stereocenters. The van der Waals surface area contributed by atoms with Gasteiger partial charge in [0.05, 0.1) is 0 Å². The summed E-state index contributed by atoms with van der Waals surface area (Å²) in [5.41, 5.74) is 2.96. The molecule has 25 heavy (non-hydrogen) atoms. The van der Waals surface area contributed by atoms with Crippen LogP contribution < -0.4 is 4.90 Å². The monoisotopic (exact) mass is 336 g/mol. The van der Waals surface area contributed by atoms with Crippen LogP contribution in [0.3, 0.4) is 0 Å².